The van der Waals surface area contributed by atoms with Gasteiger partial charge in [-0.3, -0.25) is 9.59 Å². The van der Waals surface area contributed by atoms with Crippen LogP contribution in [0.25, 0.3) is 0 Å². The van der Waals surface area contributed by atoms with Crippen molar-refractivity contribution in [2.75, 3.05) is 0 Å². The molecule has 0 spiro atoms. The summed E-state index contributed by atoms with van der Waals surface area (Å²) in [4.78, 5) is 18.2. The summed E-state index contributed by atoms with van der Waals surface area (Å²) in [6.45, 7) is 1.08. The smallest absolute Gasteiger partial charge is 0.323 e. The van der Waals surface area contributed by atoms with Crippen LogP contribution in [0.3, 0.4) is 0 Å². The quantitative estimate of drug-likeness (QED) is 0.330. The number of carbonyl (C=O) groups is 2. The molecule has 0 aromatic heterocycles. The van der Waals surface area contributed by atoms with E-state index in [4.69, 9.17) is 25.8 Å². The predicted molar refractivity (Wildman–Crippen MR) is 41.0 cm³/mol. The second-order valence-electron chi connectivity index (χ2n) is 1.71. The Labute approximate surface area is 69.4 Å². The van der Waals surface area contributed by atoms with Gasteiger partial charge in [-0.15, -0.1) is 0 Å². The van der Waals surface area contributed by atoms with Crippen molar-refractivity contribution in [3.63, 3.8) is 0 Å². The maximum Gasteiger partial charge on any atom is 0.323 e. The fourth-order valence-electron chi connectivity index (χ4n) is 0.206. The highest BCUT2D eigenvalue weighted by molar-refractivity contribution is 5.73. The average molecular weight is 182 g/mol. The molecular weight excluding hydrogens is 168 g/mol. The minimum Gasteiger partial charge on any atom is -0.483 e. The molecule has 7 heteroatoms. The maximum atomic E-state index is 9.86. The van der Waals surface area contributed by atoms with E-state index in [0.29, 0.717) is 0 Å². The molecule has 0 aromatic carbocycles. The van der Waals surface area contributed by atoms with E-state index in [-0.39, 0.29) is 12.6 Å². The van der Waals surface area contributed by atoms with Gasteiger partial charge in [0.15, 0.2) is 0 Å². The summed E-state index contributed by atoms with van der Waals surface area (Å²) >= 11 is 0. The van der Waals surface area contributed by atoms with Crippen LogP contribution in [0.5, 0.6) is 0 Å². The number of carboxylic acid groups (broad SMARTS) is 2. The molecule has 0 aromatic rings. The lowest BCUT2D eigenvalue weighted by molar-refractivity contribution is -0.140. The van der Waals surface area contributed by atoms with Gasteiger partial charge < -0.3 is 27.2 Å². The number of nitrogens with two attached hydrogens (primary N) is 1. The summed E-state index contributed by atoms with van der Waals surface area (Å²) in [6.07, 6.45) is -0.979. The molecule has 0 fully saturated rings. The summed E-state index contributed by atoms with van der Waals surface area (Å²) in [6, 6.07) is -1.16. The van der Waals surface area contributed by atoms with E-state index in [2.05, 4.69) is 0 Å². The van der Waals surface area contributed by atoms with Gasteiger partial charge in [-0.2, -0.15) is 0 Å². The molecule has 0 saturated carbocycles. The minimum atomic E-state index is -1.18. The van der Waals surface area contributed by atoms with Crippen molar-refractivity contribution in [1.82, 2.24) is 6.15 Å². The molecule has 8 N–H and O–H groups in total. The summed E-state index contributed by atoms with van der Waals surface area (Å²) < 4.78 is 0. The van der Waals surface area contributed by atoms with Crippen LogP contribution in [0.4, 0.5) is 0 Å². The van der Waals surface area contributed by atoms with Gasteiger partial charge in [0.1, 0.15) is 6.04 Å². The van der Waals surface area contributed by atoms with Crippen molar-refractivity contribution in [2.45, 2.75) is 19.1 Å². The summed E-state index contributed by atoms with van der Waals surface area (Å²) in [7, 11) is 0. The fourth-order valence-corrected chi connectivity index (χ4v) is 0.206. The number of aliphatic carboxylic acids is 1. The lowest BCUT2D eigenvalue weighted by Crippen LogP contribution is -2.39. The van der Waals surface area contributed by atoms with Crippen molar-refractivity contribution in [3.8, 4) is 0 Å². The van der Waals surface area contributed by atoms with E-state index >= 15 is 0 Å². The molecule has 0 amide bonds. The average Bonchev–Trinajstić information content (AvgIpc) is 1.87. The van der Waals surface area contributed by atoms with Crippen molar-refractivity contribution < 1.29 is 24.9 Å². The molecule has 74 valence electrons. The van der Waals surface area contributed by atoms with Crippen molar-refractivity contribution in [3.05, 3.63) is 0 Å². The van der Waals surface area contributed by atoms with Gasteiger partial charge in [0.2, 0.25) is 0 Å². The van der Waals surface area contributed by atoms with Crippen molar-refractivity contribution >= 4 is 12.4 Å². The zero-order valence-corrected chi connectivity index (χ0v) is 6.67. The van der Waals surface area contributed by atoms with Crippen LogP contribution in [0.1, 0.15) is 6.92 Å². The molecule has 0 aliphatic heterocycles. The molecule has 0 bridgehead atoms. The van der Waals surface area contributed by atoms with Crippen LogP contribution in [-0.4, -0.2) is 39.9 Å². The molecule has 7 nitrogen and oxygen atoms in total. The number of carboxylic acids is 1. The Balaban J connectivity index is -0.000000177. The van der Waals surface area contributed by atoms with Crippen LogP contribution in [0.2, 0.25) is 0 Å². The standard InChI is InChI=1S/C4H9NO3.CH2O2.H3N/c1-2(6)3(5)4(7)8;2-1-3;/h2-3,6H,5H2,1H3,(H,7,8);1H,(H,2,3);1H3/t2-,3+;;/m1../s1. The van der Waals surface area contributed by atoms with Gasteiger partial charge in [-0.05, 0) is 6.92 Å². The number of hydrogen-bond donors (Lipinski definition) is 5. The Kier molecular flexibility index (Phi) is 14.0. The van der Waals surface area contributed by atoms with E-state index < -0.39 is 18.1 Å². The van der Waals surface area contributed by atoms with Crippen LogP contribution < -0.4 is 11.9 Å². The Bertz CT molecular complexity index is 127. The Hall–Kier alpha value is -1.18. The Morgan fingerprint density at radius 3 is 1.83 bits per heavy atom. The molecule has 0 radical (unpaired) electrons. The van der Waals surface area contributed by atoms with E-state index in [1.54, 1.807) is 0 Å². The first kappa shape index (κ1) is 17.1. The first-order valence-electron chi connectivity index (χ1n) is 2.71. The summed E-state index contributed by atoms with van der Waals surface area (Å²) in [5, 5.41) is 23.4. The summed E-state index contributed by atoms with van der Waals surface area (Å²) in [5.74, 6) is -1.18. The van der Waals surface area contributed by atoms with Crippen LogP contribution >= 0.6 is 0 Å². The molecule has 0 aliphatic rings. The second kappa shape index (κ2) is 9.82. The predicted octanol–water partition coefficient (Wildman–Crippen LogP) is -1.36. The maximum absolute atomic E-state index is 9.86. The highest BCUT2D eigenvalue weighted by atomic mass is 16.4. The van der Waals surface area contributed by atoms with E-state index in [0.717, 1.165) is 0 Å². The molecular formula is C5H14N2O5. The molecule has 0 aliphatic carbocycles. The minimum absolute atomic E-state index is 0. The highest BCUT2D eigenvalue weighted by Crippen LogP contribution is 1.85. The van der Waals surface area contributed by atoms with Gasteiger partial charge >= 0.3 is 5.97 Å². The fraction of sp³-hybridized carbons (Fsp3) is 0.600. The topological polar surface area (TPSA) is 156 Å². The van der Waals surface area contributed by atoms with Gasteiger partial charge in [-0.25, -0.2) is 0 Å². The molecule has 2 atom stereocenters. The van der Waals surface area contributed by atoms with Crippen LogP contribution in [-0.2, 0) is 9.59 Å². The monoisotopic (exact) mass is 182 g/mol. The molecule has 0 saturated heterocycles. The van der Waals surface area contributed by atoms with Gasteiger partial charge in [0, 0.05) is 0 Å². The van der Waals surface area contributed by atoms with Gasteiger partial charge in [-0.1, -0.05) is 0 Å². The number of hydrogen-bond acceptors (Lipinski definition) is 5. The van der Waals surface area contributed by atoms with Gasteiger partial charge in [0.05, 0.1) is 6.10 Å². The third-order valence-electron chi connectivity index (χ3n) is 0.805. The molecule has 0 unspecified atom stereocenters. The first-order valence-corrected chi connectivity index (χ1v) is 2.71. The molecule has 0 rings (SSSR count). The Morgan fingerprint density at radius 2 is 1.83 bits per heavy atom. The van der Waals surface area contributed by atoms with E-state index in [1.807, 2.05) is 0 Å². The highest BCUT2D eigenvalue weighted by Gasteiger charge is 2.16. The lowest BCUT2D eigenvalue weighted by atomic mass is 10.2. The molecule has 12 heavy (non-hydrogen) atoms. The van der Waals surface area contributed by atoms with E-state index in [1.165, 1.54) is 6.92 Å². The largest absolute Gasteiger partial charge is 0.483 e. The lowest BCUT2D eigenvalue weighted by Gasteiger charge is -2.06. The molecule has 0 heterocycles. The van der Waals surface area contributed by atoms with Crippen LogP contribution in [0, 0.1) is 0 Å². The third-order valence-corrected chi connectivity index (χ3v) is 0.805. The SMILES string of the molecule is C[C@@H](O)[C@H](N)C(=O)O.N.O=CO. The van der Waals surface area contributed by atoms with E-state index in [9.17, 15) is 4.79 Å². The Morgan fingerprint density at radius 1 is 1.58 bits per heavy atom. The number of rotatable bonds is 2. The zero-order valence-electron chi connectivity index (χ0n) is 6.67. The number of aliphatic hydroxyl groups is 1. The first-order chi connectivity index (χ1) is 4.97. The zero-order chi connectivity index (χ0) is 9.44. The normalized spacial score (nSPS) is 12.6. The number of aliphatic hydroxyl groups excluding tert-OH is 1. The second-order valence-corrected chi connectivity index (χ2v) is 1.71. The van der Waals surface area contributed by atoms with Crippen molar-refractivity contribution in [1.29, 1.82) is 0 Å². The summed E-state index contributed by atoms with van der Waals surface area (Å²) in [5.41, 5.74) is 4.91. The third kappa shape index (κ3) is 11.6. The van der Waals surface area contributed by atoms with Gasteiger partial charge in [0.25, 0.3) is 6.47 Å². The van der Waals surface area contributed by atoms with Crippen molar-refractivity contribution in [2.24, 2.45) is 5.73 Å². The van der Waals surface area contributed by atoms with Crippen LogP contribution in [0.15, 0.2) is 0 Å².